The van der Waals surface area contributed by atoms with Crippen molar-refractivity contribution >= 4 is 12.1 Å². The maximum Gasteiger partial charge on any atom is 0.407 e. The van der Waals surface area contributed by atoms with Gasteiger partial charge >= 0.3 is 12.1 Å². The second-order valence-electron chi connectivity index (χ2n) is 4.40. The number of carbonyl (C=O) groups excluding carboxylic acids is 1. The molecule has 2 rings (SSSR count). The number of piperidine rings is 1. The number of ether oxygens (including phenoxy) is 1. The first-order chi connectivity index (χ1) is 7.61. The Morgan fingerprint density at radius 3 is 2.81 bits per heavy atom. The number of hydrogen-bond acceptors (Lipinski definition) is 4. The molecule has 3 unspecified atom stereocenters. The molecule has 2 fully saturated rings. The lowest BCUT2D eigenvalue weighted by Gasteiger charge is -2.31. The number of likely N-dealkylation sites (tertiary alicyclic amines) is 1. The molecule has 2 aliphatic rings. The molecule has 1 aliphatic carbocycles. The quantitative estimate of drug-likeness (QED) is 0.659. The Hall–Kier alpha value is -1.30. The van der Waals surface area contributed by atoms with Crippen LogP contribution in [0.5, 0.6) is 0 Å². The number of carbonyl (C=O) groups is 2. The van der Waals surface area contributed by atoms with Crippen molar-refractivity contribution in [3.8, 4) is 0 Å². The van der Waals surface area contributed by atoms with E-state index < -0.39 is 6.09 Å². The monoisotopic (exact) mass is 228 g/mol. The average molecular weight is 228 g/mol. The molecule has 6 heteroatoms. The molecule has 1 aliphatic heterocycles. The summed E-state index contributed by atoms with van der Waals surface area (Å²) in [4.78, 5) is 23.4. The summed E-state index contributed by atoms with van der Waals surface area (Å²) in [6.45, 7) is 0.786. The Balaban J connectivity index is 1.88. The van der Waals surface area contributed by atoms with Crippen molar-refractivity contribution in [1.82, 2.24) is 10.2 Å². The number of nitrogens with zero attached hydrogens (tertiary/aromatic N) is 1. The standard InChI is InChI=1S/C10H16N2O4/c1-16-9(13)4-11-7-2-6-3-8(7)12(5-6)10(14)15/h6-8,11H,2-5H2,1H3,(H,14,15). The van der Waals surface area contributed by atoms with E-state index in [9.17, 15) is 9.59 Å². The summed E-state index contributed by atoms with van der Waals surface area (Å²) in [5.74, 6) is 0.126. The van der Waals surface area contributed by atoms with E-state index in [2.05, 4.69) is 10.1 Å². The molecular formula is C10H16N2O4. The minimum Gasteiger partial charge on any atom is -0.468 e. The Bertz CT molecular complexity index is 307. The number of hydrogen-bond donors (Lipinski definition) is 2. The molecule has 2 bridgehead atoms. The van der Waals surface area contributed by atoms with Crippen LogP contribution in [0.15, 0.2) is 0 Å². The molecule has 0 aromatic heterocycles. The van der Waals surface area contributed by atoms with Gasteiger partial charge in [-0.2, -0.15) is 0 Å². The molecular weight excluding hydrogens is 212 g/mol. The Labute approximate surface area is 93.6 Å². The second-order valence-corrected chi connectivity index (χ2v) is 4.40. The van der Waals surface area contributed by atoms with Gasteiger partial charge in [0.05, 0.1) is 19.7 Å². The van der Waals surface area contributed by atoms with Crippen molar-refractivity contribution in [3.05, 3.63) is 0 Å². The summed E-state index contributed by atoms with van der Waals surface area (Å²) in [5, 5.41) is 12.1. The third-order valence-corrected chi connectivity index (χ3v) is 3.46. The number of esters is 1. The van der Waals surface area contributed by atoms with Crippen molar-refractivity contribution in [3.63, 3.8) is 0 Å². The third-order valence-electron chi connectivity index (χ3n) is 3.46. The van der Waals surface area contributed by atoms with Crippen LogP contribution in [0, 0.1) is 5.92 Å². The van der Waals surface area contributed by atoms with Crippen molar-refractivity contribution in [2.75, 3.05) is 20.2 Å². The van der Waals surface area contributed by atoms with Gasteiger partial charge in [0, 0.05) is 12.6 Å². The summed E-state index contributed by atoms with van der Waals surface area (Å²) in [6, 6.07) is 0.112. The van der Waals surface area contributed by atoms with Crippen LogP contribution in [-0.4, -0.2) is 54.4 Å². The van der Waals surface area contributed by atoms with Crippen LogP contribution in [0.25, 0.3) is 0 Å². The second kappa shape index (κ2) is 4.29. The van der Waals surface area contributed by atoms with Crippen molar-refractivity contribution in [1.29, 1.82) is 0 Å². The minimum atomic E-state index is -0.864. The van der Waals surface area contributed by atoms with Gasteiger partial charge in [0.1, 0.15) is 0 Å². The summed E-state index contributed by atoms with van der Waals surface area (Å²) in [6.07, 6.45) is 0.994. The fourth-order valence-electron chi connectivity index (χ4n) is 2.75. The maximum absolute atomic E-state index is 11.0. The normalized spacial score (nSPS) is 31.8. The predicted octanol–water partition coefficient (Wildman–Crippen LogP) is -0.110. The van der Waals surface area contributed by atoms with Gasteiger partial charge in [-0.1, -0.05) is 0 Å². The van der Waals surface area contributed by atoms with E-state index in [1.165, 1.54) is 12.0 Å². The van der Waals surface area contributed by atoms with E-state index >= 15 is 0 Å². The average Bonchev–Trinajstić information content (AvgIpc) is 2.84. The third kappa shape index (κ3) is 1.97. The molecule has 2 N–H and O–H groups in total. The summed E-state index contributed by atoms with van der Waals surface area (Å²) in [5.41, 5.74) is 0. The first-order valence-electron chi connectivity index (χ1n) is 5.41. The highest BCUT2D eigenvalue weighted by atomic mass is 16.5. The van der Waals surface area contributed by atoms with Crippen molar-refractivity contribution < 1.29 is 19.4 Å². The van der Waals surface area contributed by atoms with Gasteiger partial charge in [0.15, 0.2) is 0 Å². The highest BCUT2D eigenvalue weighted by Gasteiger charge is 2.46. The SMILES string of the molecule is COC(=O)CNC1CC2CC1N(C(=O)O)C2. The van der Waals surface area contributed by atoms with Gasteiger partial charge in [-0.05, 0) is 18.8 Å². The largest absolute Gasteiger partial charge is 0.468 e. The topological polar surface area (TPSA) is 78.9 Å². The highest BCUT2D eigenvalue weighted by molar-refractivity contribution is 5.71. The summed E-state index contributed by atoms with van der Waals surface area (Å²) in [7, 11) is 1.34. The lowest BCUT2D eigenvalue weighted by Crippen LogP contribution is -2.51. The van der Waals surface area contributed by atoms with Crippen LogP contribution in [-0.2, 0) is 9.53 Å². The van der Waals surface area contributed by atoms with Crippen LogP contribution in [0.3, 0.4) is 0 Å². The zero-order chi connectivity index (χ0) is 11.7. The van der Waals surface area contributed by atoms with Crippen LogP contribution in [0.1, 0.15) is 12.8 Å². The zero-order valence-electron chi connectivity index (χ0n) is 9.18. The number of amides is 1. The fourth-order valence-corrected chi connectivity index (χ4v) is 2.75. The van der Waals surface area contributed by atoms with E-state index in [4.69, 9.17) is 5.11 Å². The Morgan fingerprint density at radius 1 is 1.50 bits per heavy atom. The van der Waals surface area contributed by atoms with Crippen LogP contribution in [0.2, 0.25) is 0 Å². The smallest absolute Gasteiger partial charge is 0.407 e. The Kier molecular flexibility index (Phi) is 3.00. The van der Waals surface area contributed by atoms with Crippen molar-refractivity contribution in [2.45, 2.75) is 24.9 Å². The van der Waals surface area contributed by atoms with E-state index in [0.29, 0.717) is 12.5 Å². The number of carboxylic acid groups (broad SMARTS) is 1. The lowest BCUT2D eigenvalue weighted by molar-refractivity contribution is -0.139. The minimum absolute atomic E-state index is 0.0205. The molecule has 0 aromatic carbocycles. The molecule has 1 amide bonds. The molecule has 90 valence electrons. The Morgan fingerprint density at radius 2 is 2.25 bits per heavy atom. The summed E-state index contributed by atoms with van der Waals surface area (Å²) >= 11 is 0. The van der Waals surface area contributed by atoms with Crippen LogP contribution < -0.4 is 5.32 Å². The summed E-state index contributed by atoms with van der Waals surface area (Å²) < 4.78 is 4.53. The number of nitrogens with one attached hydrogen (secondary N) is 1. The van der Waals surface area contributed by atoms with E-state index in [-0.39, 0.29) is 24.6 Å². The van der Waals surface area contributed by atoms with Crippen LogP contribution >= 0.6 is 0 Å². The molecule has 0 aromatic rings. The first kappa shape index (κ1) is 11.2. The maximum atomic E-state index is 11.0. The van der Waals surface area contributed by atoms with E-state index in [1.807, 2.05) is 0 Å². The lowest BCUT2D eigenvalue weighted by atomic mass is 10.1. The molecule has 0 radical (unpaired) electrons. The molecule has 1 saturated carbocycles. The number of fused-ring (bicyclic) bond motifs is 2. The van der Waals surface area contributed by atoms with Gasteiger partial charge in [-0.3, -0.25) is 4.79 Å². The van der Waals surface area contributed by atoms with E-state index in [1.54, 1.807) is 0 Å². The first-order valence-corrected chi connectivity index (χ1v) is 5.41. The zero-order valence-corrected chi connectivity index (χ0v) is 9.18. The molecule has 0 spiro atoms. The van der Waals surface area contributed by atoms with Gasteiger partial charge in [0.25, 0.3) is 0 Å². The number of methoxy groups -OCH3 is 1. The highest BCUT2D eigenvalue weighted by Crippen LogP contribution is 2.37. The molecule has 3 atom stereocenters. The fraction of sp³-hybridized carbons (Fsp3) is 0.800. The number of rotatable bonds is 3. The van der Waals surface area contributed by atoms with Gasteiger partial charge in [-0.15, -0.1) is 0 Å². The molecule has 1 heterocycles. The molecule has 6 nitrogen and oxygen atoms in total. The predicted molar refractivity (Wildman–Crippen MR) is 55.0 cm³/mol. The van der Waals surface area contributed by atoms with Crippen LogP contribution in [0.4, 0.5) is 4.79 Å². The van der Waals surface area contributed by atoms with Gasteiger partial charge in [-0.25, -0.2) is 4.79 Å². The van der Waals surface area contributed by atoms with Crippen molar-refractivity contribution in [2.24, 2.45) is 5.92 Å². The molecule has 1 saturated heterocycles. The van der Waals surface area contributed by atoms with Gasteiger partial charge in [0.2, 0.25) is 0 Å². The van der Waals surface area contributed by atoms with Gasteiger partial charge < -0.3 is 20.1 Å². The molecule has 16 heavy (non-hydrogen) atoms. The van der Waals surface area contributed by atoms with E-state index in [0.717, 1.165) is 12.8 Å².